The summed E-state index contributed by atoms with van der Waals surface area (Å²) in [5.74, 6) is 0.281. The van der Waals surface area contributed by atoms with E-state index in [2.05, 4.69) is 10.2 Å². The van der Waals surface area contributed by atoms with E-state index in [1.165, 1.54) is 38.6 Å². The second-order valence-electron chi connectivity index (χ2n) is 4.84. The van der Waals surface area contributed by atoms with Gasteiger partial charge in [-0.2, -0.15) is 0 Å². The van der Waals surface area contributed by atoms with Crippen LogP contribution in [0, 0.1) is 0 Å². The molecule has 0 aliphatic carbocycles. The zero-order chi connectivity index (χ0) is 12.6. The van der Waals surface area contributed by atoms with Crippen molar-refractivity contribution in [2.45, 2.75) is 32.1 Å². The van der Waals surface area contributed by atoms with Gasteiger partial charge in [-0.3, -0.25) is 4.79 Å². The molecular formula is C14H22N2O2. The molecule has 0 unspecified atom stereocenters. The number of rotatable bonds is 6. The molecule has 1 N–H and O–H groups in total. The minimum Gasteiger partial charge on any atom is -0.459 e. The average Bonchev–Trinajstić information content (AvgIpc) is 2.93. The fraction of sp³-hybridized carbons (Fsp3) is 0.643. The Labute approximate surface area is 108 Å². The third-order valence-corrected chi connectivity index (χ3v) is 3.38. The van der Waals surface area contributed by atoms with Crippen molar-refractivity contribution in [1.29, 1.82) is 0 Å². The van der Waals surface area contributed by atoms with Crippen LogP contribution in [0.3, 0.4) is 0 Å². The summed E-state index contributed by atoms with van der Waals surface area (Å²) in [6.07, 6.45) is 7.77. The van der Waals surface area contributed by atoms with E-state index in [0.717, 1.165) is 25.9 Å². The van der Waals surface area contributed by atoms with E-state index in [4.69, 9.17) is 4.42 Å². The van der Waals surface area contributed by atoms with Gasteiger partial charge in [0.05, 0.1) is 6.26 Å². The molecule has 0 aromatic carbocycles. The van der Waals surface area contributed by atoms with Crippen LogP contribution in [0.2, 0.25) is 0 Å². The summed E-state index contributed by atoms with van der Waals surface area (Å²) < 4.78 is 5.03. The van der Waals surface area contributed by atoms with Crippen LogP contribution in [0.5, 0.6) is 0 Å². The first-order valence-corrected chi connectivity index (χ1v) is 6.90. The Morgan fingerprint density at radius 3 is 2.83 bits per heavy atom. The van der Waals surface area contributed by atoms with E-state index >= 15 is 0 Å². The number of nitrogens with one attached hydrogen (secondary N) is 1. The Bertz CT molecular complexity index is 343. The predicted molar refractivity (Wildman–Crippen MR) is 70.6 cm³/mol. The summed E-state index contributed by atoms with van der Waals surface area (Å²) in [6.45, 7) is 4.39. The molecule has 4 heteroatoms. The van der Waals surface area contributed by atoms with E-state index in [0.29, 0.717) is 5.76 Å². The molecule has 4 nitrogen and oxygen atoms in total. The SMILES string of the molecule is O=C(NCCCCN1CCCCC1)c1ccco1. The van der Waals surface area contributed by atoms with Crippen molar-refractivity contribution < 1.29 is 9.21 Å². The zero-order valence-corrected chi connectivity index (χ0v) is 10.9. The first-order valence-electron chi connectivity index (χ1n) is 6.90. The average molecular weight is 250 g/mol. The number of hydrogen-bond donors (Lipinski definition) is 1. The highest BCUT2D eigenvalue weighted by atomic mass is 16.3. The van der Waals surface area contributed by atoms with Crippen molar-refractivity contribution in [2.75, 3.05) is 26.2 Å². The minimum atomic E-state index is -0.113. The van der Waals surface area contributed by atoms with Gasteiger partial charge in [-0.05, 0) is 57.5 Å². The molecule has 1 fully saturated rings. The standard InChI is InChI=1S/C14H22N2O2/c17-14(13-7-6-12-18-13)15-8-2-5-11-16-9-3-1-4-10-16/h6-7,12H,1-5,8-11H2,(H,15,17). The van der Waals surface area contributed by atoms with Crippen LogP contribution in [-0.4, -0.2) is 37.0 Å². The summed E-state index contributed by atoms with van der Waals surface area (Å²) >= 11 is 0. The first kappa shape index (κ1) is 13.1. The number of carbonyl (C=O) groups is 1. The van der Waals surface area contributed by atoms with Gasteiger partial charge in [0.15, 0.2) is 5.76 Å². The van der Waals surface area contributed by atoms with Gasteiger partial charge in [-0.1, -0.05) is 6.42 Å². The van der Waals surface area contributed by atoms with E-state index in [-0.39, 0.29) is 5.91 Å². The Kier molecular flexibility index (Phi) is 5.27. The van der Waals surface area contributed by atoms with Crippen LogP contribution in [0.25, 0.3) is 0 Å². The van der Waals surface area contributed by atoms with Crippen molar-refractivity contribution in [3.63, 3.8) is 0 Å². The second kappa shape index (κ2) is 7.21. The lowest BCUT2D eigenvalue weighted by molar-refractivity contribution is 0.0924. The molecule has 1 aliphatic heterocycles. The number of nitrogens with zero attached hydrogens (tertiary/aromatic N) is 1. The lowest BCUT2D eigenvalue weighted by atomic mass is 10.1. The highest BCUT2D eigenvalue weighted by molar-refractivity contribution is 5.91. The number of likely N-dealkylation sites (tertiary alicyclic amines) is 1. The van der Waals surface area contributed by atoms with Crippen LogP contribution in [0.15, 0.2) is 22.8 Å². The number of furan rings is 1. The Morgan fingerprint density at radius 1 is 1.28 bits per heavy atom. The molecule has 100 valence electrons. The largest absolute Gasteiger partial charge is 0.459 e. The predicted octanol–water partition coefficient (Wildman–Crippen LogP) is 2.28. The molecule has 1 amide bonds. The smallest absolute Gasteiger partial charge is 0.286 e. The van der Waals surface area contributed by atoms with Crippen molar-refractivity contribution in [1.82, 2.24) is 10.2 Å². The molecular weight excluding hydrogens is 228 g/mol. The summed E-state index contributed by atoms with van der Waals surface area (Å²) in [4.78, 5) is 14.1. The summed E-state index contributed by atoms with van der Waals surface area (Å²) in [5.41, 5.74) is 0. The lowest BCUT2D eigenvalue weighted by Crippen LogP contribution is -2.31. The minimum absolute atomic E-state index is 0.113. The maximum Gasteiger partial charge on any atom is 0.286 e. The molecule has 18 heavy (non-hydrogen) atoms. The van der Waals surface area contributed by atoms with Gasteiger partial charge in [0, 0.05) is 6.54 Å². The second-order valence-corrected chi connectivity index (χ2v) is 4.84. The maximum absolute atomic E-state index is 11.6. The van der Waals surface area contributed by atoms with Gasteiger partial charge in [0.2, 0.25) is 0 Å². The van der Waals surface area contributed by atoms with Crippen molar-refractivity contribution >= 4 is 5.91 Å². The van der Waals surface area contributed by atoms with Crippen LogP contribution in [0.4, 0.5) is 0 Å². The van der Waals surface area contributed by atoms with Gasteiger partial charge in [-0.15, -0.1) is 0 Å². The van der Waals surface area contributed by atoms with E-state index in [1.807, 2.05) is 0 Å². The third kappa shape index (κ3) is 4.18. The molecule has 2 heterocycles. The Balaban J connectivity index is 1.52. The number of carbonyl (C=O) groups excluding carboxylic acids is 1. The van der Waals surface area contributed by atoms with Crippen molar-refractivity contribution in [2.24, 2.45) is 0 Å². The molecule has 0 radical (unpaired) electrons. The van der Waals surface area contributed by atoms with Gasteiger partial charge < -0.3 is 14.6 Å². The number of unbranched alkanes of at least 4 members (excludes halogenated alkanes) is 1. The number of hydrogen-bond acceptors (Lipinski definition) is 3. The highest BCUT2D eigenvalue weighted by Crippen LogP contribution is 2.09. The summed E-state index contributed by atoms with van der Waals surface area (Å²) in [7, 11) is 0. The monoisotopic (exact) mass is 250 g/mol. The Morgan fingerprint density at radius 2 is 2.11 bits per heavy atom. The molecule has 1 aromatic heterocycles. The van der Waals surface area contributed by atoms with Gasteiger partial charge in [0.25, 0.3) is 5.91 Å². The molecule has 0 bridgehead atoms. The molecule has 1 saturated heterocycles. The van der Waals surface area contributed by atoms with Crippen LogP contribution < -0.4 is 5.32 Å². The fourth-order valence-electron chi connectivity index (χ4n) is 2.34. The van der Waals surface area contributed by atoms with Crippen LogP contribution >= 0.6 is 0 Å². The Hall–Kier alpha value is -1.29. The number of amides is 1. The number of piperidine rings is 1. The molecule has 1 aliphatic rings. The van der Waals surface area contributed by atoms with E-state index < -0.39 is 0 Å². The van der Waals surface area contributed by atoms with Gasteiger partial charge in [-0.25, -0.2) is 0 Å². The highest BCUT2D eigenvalue weighted by Gasteiger charge is 2.09. The van der Waals surface area contributed by atoms with E-state index in [1.54, 1.807) is 12.1 Å². The topological polar surface area (TPSA) is 45.5 Å². The van der Waals surface area contributed by atoms with E-state index in [9.17, 15) is 4.79 Å². The van der Waals surface area contributed by atoms with Crippen molar-refractivity contribution in [3.8, 4) is 0 Å². The van der Waals surface area contributed by atoms with Gasteiger partial charge >= 0.3 is 0 Å². The van der Waals surface area contributed by atoms with Crippen LogP contribution in [0.1, 0.15) is 42.7 Å². The van der Waals surface area contributed by atoms with Gasteiger partial charge in [0.1, 0.15) is 0 Å². The molecule has 0 saturated carbocycles. The van der Waals surface area contributed by atoms with Crippen molar-refractivity contribution in [3.05, 3.63) is 24.2 Å². The first-order chi connectivity index (χ1) is 8.86. The summed E-state index contributed by atoms with van der Waals surface area (Å²) in [6, 6.07) is 3.41. The summed E-state index contributed by atoms with van der Waals surface area (Å²) in [5, 5.41) is 2.87. The molecule has 0 spiro atoms. The molecule has 0 atom stereocenters. The normalized spacial score (nSPS) is 16.7. The lowest BCUT2D eigenvalue weighted by Gasteiger charge is -2.26. The molecule has 2 rings (SSSR count). The zero-order valence-electron chi connectivity index (χ0n) is 10.9. The third-order valence-electron chi connectivity index (χ3n) is 3.38. The molecule has 1 aromatic rings. The van der Waals surface area contributed by atoms with Crippen LogP contribution in [-0.2, 0) is 0 Å². The maximum atomic E-state index is 11.6. The fourth-order valence-corrected chi connectivity index (χ4v) is 2.34. The quantitative estimate of drug-likeness (QED) is 0.788.